The third-order valence-corrected chi connectivity index (χ3v) is 1.56. The van der Waals surface area contributed by atoms with Crippen molar-refractivity contribution in [2.75, 3.05) is 0 Å². The molecular formula is C9H13ClN2. The summed E-state index contributed by atoms with van der Waals surface area (Å²) in [4.78, 5) is 0. The lowest BCUT2D eigenvalue weighted by atomic mass is 10.1. The summed E-state index contributed by atoms with van der Waals surface area (Å²) in [6, 6.07) is 7.75. The summed E-state index contributed by atoms with van der Waals surface area (Å²) in [6.45, 7) is 4.19. The second-order valence-corrected chi connectivity index (χ2v) is 2.43. The van der Waals surface area contributed by atoms with Gasteiger partial charge >= 0.3 is 0 Å². The van der Waals surface area contributed by atoms with Crippen LogP contribution in [0.2, 0.25) is 0 Å². The first-order valence-corrected chi connectivity index (χ1v) is 3.48. The van der Waals surface area contributed by atoms with Crippen molar-refractivity contribution in [1.82, 2.24) is 0 Å². The minimum absolute atomic E-state index is 0. The Morgan fingerprint density at radius 3 is 2.08 bits per heavy atom. The van der Waals surface area contributed by atoms with Gasteiger partial charge in [-0.05, 0) is 11.1 Å². The third-order valence-electron chi connectivity index (χ3n) is 1.56. The van der Waals surface area contributed by atoms with Crippen LogP contribution >= 0.6 is 12.4 Å². The lowest BCUT2D eigenvalue weighted by molar-refractivity contribution is 1.07. The Morgan fingerprint density at radius 1 is 1.25 bits per heavy atom. The molecule has 0 unspecified atom stereocenters. The molecular weight excluding hydrogens is 172 g/mol. The monoisotopic (exact) mass is 184 g/mol. The molecule has 0 aliphatic rings. The van der Waals surface area contributed by atoms with Crippen LogP contribution in [0.1, 0.15) is 11.1 Å². The first kappa shape index (κ1) is 11.0. The molecule has 2 nitrogen and oxygen atoms in total. The maximum atomic E-state index is 5.48. The van der Waals surface area contributed by atoms with Gasteiger partial charge in [0.2, 0.25) is 0 Å². The Labute approximate surface area is 78.7 Å². The van der Waals surface area contributed by atoms with E-state index in [4.69, 9.17) is 11.5 Å². The standard InChI is InChI=1S/C9H12N2.ClH/c1-7(11)9-4-2-8(6-10)3-5-9;/h2-5H,1,6,10-11H2;1H. The van der Waals surface area contributed by atoms with E-state index in [0.717, 1.165) is 11.1 Å². The zero-order chi connectivity index (χ0) is 8.27. The first-order valence-electron chi connectivity index (χ1n) is 3.48. The summed E-state index contributed by atoms with van der Waals surface area (Å²) in [7, 11) is 0. The molecule has 0 aliphatic carbocycles. The molecule has 3 heteroatoms. The summed E-state index contributed by atoms with van der Waals surface area (Å²) in [5.41, 5.74) is 13.6. The average molecular weight is 185 g/mol. The van der Waals surface area contributed by atoms with E-state index in [0.29, 0.717) is 12.2 Å². The van der Waals surface area contributed by atoms with Crippen LogP contribution in [0.5, 0.6) is 0 Å². The number of halogens is 1. The molecule has 12 heavy (non-hydrogen) atoms. The van der Waals surface area contributed by atoms with Gasteiger partial charge in [-0.1, -0.05) is 30.8 Å². The molecule has 1 aromatic rings. The van der Waals surface area contributed by atoms with E-state index >= 15 is 0 Å². The number of nitrogens with two attached hydrogens (primary N) is 2. The topological polar surface area (TPSA) is 52.0 Å². The smallest absolute Gasteiger partial charge is 0.0314 e. The largest absolute Gasteiger partial charge is 0.399 e. The van der Waals surface area contributed by atoms with Gasteiger partial charge in [0.25, 0.3) is 0 Å². The molecule has 0 aliphatic heterocycles. The van der Waals surface area contributed by atoms with Gasteiger partial charge < -0.3 is 11.5 Å². The highest BCUT2D eigenvalue weighted by Crippen LogP contribution is 2.07. The fraction of sp³-hybridized carbons (Fsp3) is 0.111. The summed E-state index contributed by atoms with van der Waals surface area (Å²) in [5, 5.41) is 0. The minimum atomic E-state index is 0. The fourth-order valence-electron chi connectivity index (χ4n) is 0.855. The Morgan fingerprint density at radius 2 is 1.75 bits per heavy atom. The molecule has 1 aromatic carbocycles. The Balaban J connectivity index is 0.00000121. The Hall–Kier alpha value is -0.990. The van der Waals surface area contributed by atoms with Gasteiger partial charge in [-0.15, -0.1) is 12.4 Å². The second-order valence-electron chi connectivity index (χ2n) is 2.43. The van der Waals surface area contributed by atoms with Crippen molar-refractivity contribution in [1.29, 1.82) is 0 Å². The average Bonchev–Trinajstić information content (AvgIpc) is 2.05. The molecule has 0 fully saturated rings. The lowest BCUT2D eigenvalue weighted by Crippen LogP contribution is -1.97. The Kier molecular flexibility index (Phi) is 4.40. The van der Waals surface area contributed by atoms with Crippen LogP contribution in [-0.4, -0.2) is 0 Å². The van der Waals surface area contributed by atoms with E-state index in [1.807, 2.05) is 24.3 Å². The van der Waals surface area contributed by atoms with Crippen LogP contribution in [0.3, 0.4) is 0 Å². The van der Waals surface area contributed by atoms with Gasteiger partial charge in [-0.25, -0.2) is 0 Å². The van der Waals surface area contributed by atoms with E-state index in [9.17, 15) is 0 Å². The molecule has 0 bridgehead atoms. The van der Waals surface area contributed by atoms with E-state index < -0.39 is 0 Å². The van der Waals surface area contributed by atoms with Crippen molar-refractivity contribution in [3.63, 3.8) is 0 Å². The molecule has 0 amide bonds. The number of benzene rings is 1. The maximum absolute atomic E-state index is 5.48. The molecule has 1 rings (SSSR count). The highest BCUT2D eigenvalue weighted by molar-refractivity contribution is 5.85. The van der Waals surface area contributed by atoms with Crippen molar-refractivity contribution in [2.24, 2.45) is 11.5 Å². The molecule has 0 saturated carbocycles. The van der Waals surface area contributed by atoms with E-state index in [1.165, 1.54) is 0 Å². The highest BCUT2D eigenvalue weighted by Gasteiger charge is 1.92. The molecule has 0 atom stereocenters. The highest BCUT2D eigenvalue weighted by atomic mass is 35.5. The van der Waals surface area contributed by atoms with Gasteiger partial charge in [-0.3, -0.25) is 0 Å². The van der Waals surface area contributed by atoms with Crippen LogP contribution in [-0.2, 0) is 6.54 Å². The summed E-state index contributed by atoms with van der Waals surface area (Å²) in [6.07, 6.45) is 0. The zero-order valence-electron chi connectivity index (χ0n) is 6.79. The van der Waals surface area contributed by atoms with Crippen LogP contribution in [0, 0.1) is 0 Å². The Bertz CT molecular complexity index is 254. The van der Waals surface area contributed by atoms with Gasteiger partial charge in [0, 0.05) is 12.2 Å². The quantitative estimate of drug-likeness (QED) is 0.732. The number of hydrogen-bond acceptors (Lipinski definition) is 2. The third kappa shape index (κ3) is 2.57. The van der Waals surface area contributed by atoms with Crippen LogP contribution in [0.4, 0.5) is 0 Å². The summed E-state index contributed by atoms with van der Waals surface area (Å²) in [5.74, 6) is 0. The summed E-state index contributed by atoms with van der Waals surface area (Å²) < 4.78 is 0. The molecule has 0 aromatic heterocycles. The zero-order valence-corrected chi connectivity index (χ0v) is 7.60. The van der Waals surface area contributed by atoms with Gasteiger partial charge in [0.1, 0.15) is 0 Å². The number of hydrogen-bond donors (Lipinski definition) is 2. The second kappa shape index (κ2) is 4.80. The molecule has 0 spiro atoms. The molecule has 0 saturated heterocycles. The van der Waals surface area contributed by atoms with Crippen LogP contribution < -0.4 is 11.5 Å². The molecule has 66 valence electrons. The van der Waals surface area contributed by atoms with E-state index in [2.05, 4.69) is 6.58 Å². The predicted molar refractivity (Wildman–Crippen MR) is 54.8 cm³/mol. The number of rotatable bonds is 2. The van der Waals surface area contributed by atoms with Gasteiger partial charge in [-0.2, -0.15) is 0 Å². The lowest BCUT2D eigenvalue weighted by Gasteiger charge is -2.00. The normalized spacial score (nSPS) is 8.75. The van der Waals surface area contributed by atoms with Gasteiger partial charge in [0.05, 0.1) is 0 Å². The van der Waals surface area contributed by atoms with Crippen molar-refractivity contribution in [3.05, 3.63) is 42.0 Å². The summed E-state index contributed by atoms with van der Waals surface area (Å²) >= 11 is 0. The maximum Gasteiger partial charge on any atom is 0.0314 e. The first-order chi connectivity index (χ1) is 5.24. The van der Waals surface area contributed by atoms with Crippen molar-refractivity contribution >= 4 is 18.1 Å². The SMILES string of the molecule is C=C(N)c1ccc(CN)cc1.Cl. The minimum Gasteiger partial charge on any atom is -0.399 e. The molecule has 0 heterocycles. The van der Waals surface area contributed by atoms with Crippen LogP contribution in [0.25, 0.3) is 5.70 Å². The van der Waals surface area contributed by atoms with Crippen molar-refractivity contribution < 1.29 is 0 Å². The predicted octanol–water partition coefficient (Wildman–Crippen LogP) is 1.50. The molecule has 4 N–H and O–H groups in total. The van der Waals surface area contributed by atoms with Gasteiger partial charge in [0.15, 0.2) is 0 Å². The van der Waals surface area contributed by atoms with Crippen LogP contribution in [0.15, 0.2) is 30.8 Å². The fourth-order valence-corrected chi connectivity index (χ4v) is 0.855. The van der Waals surface area contributed by atoms with Crippen molar-refractivity contribution in [2.45, 2.75) is 6.54 Å². The van der Waals surface area contributed by atoms with E-state index in [1.54, 1.807) is 0 Å². The molecule has 0 radical (unpaired) electrons. The van der Waals surface area contributed by atoms with E-state index in [-0.39, 0.29) is 12.4 Å². The van der Waals surface area contributed by atoms with Crippen molar-refractivity contribution in [3.8, 4) is 0 Å².